The van der Waals surface area contributed by atoms with E-state index in [9.17, 15) is 14.7 Å². The summed E-state index contributed by atoms with van der Waals surface area (Å²) >= 11 is 0. The number of carbonyl (C=O) groups is 2. The van der Waals surface area contributed by atoms with E-state index in [-0.39, 0.29) is 17.7 Å². The SMILES string of the molecule is COc1cccc(NC(=O)[C@H]2[C@@H]3CC[C@@H](C3)[C@@H]2C(=O)O)c1. The Hall–Kier alpha value is -2.04. The molecule has 0 heterocycles. The highest BCUT2D eigenvalue weighted by Crippen LogP contribution is 2.52. The third-order valence-corrected chi connectivity index (χ3v) is 4.84. The number of rotatable bonds is 4. The Kier molecular flexibility index (Phi) is 3.57. The van der Waals surface area contributed by atoms with Gasteiger partial charge in [-0.3, -0.25) is 9.59 Å². The molecule has 0 aromatic heterocycles. The van der Waals surface area contributed by atoms with Gasteiger partial charge in [-0.05, 0) is 43.2 Å². The van der Waals surface area contributed by atoms with Gasteiger partial charge in [-0.25, -0.2) is 0 Å². The molecule has 1 aromatic rings. The van der Waals surface area contributed by atoms with Crippen molar-refractivity contribution in [3.8, 4) is 5.75 Å². The van der Waals surface area contributed by atoms with E-state index in [2.05, 4.69) is 5.32 Å². The molecular formula is C16H19NO4. The molecule has 0 unspecified atom stereocenters. The number of hydrogen-bond donors (Lipinski definition) is 2. The fourth-order valence-electron chi connectivity index (χ4n) is 3.95. The first kappa shape index (κ1) is 13.9. The summed E-state index contributed by atoms with van der Waals surface area (Å²) in [7, 11) is 1.57. The molecule has 2 bridgehead atoms. The van der Waals surface area contributed by atoms with E-state index in [4.69, 9.17) is 4.74 Å². The first-order valence-corrected chi connectivity index (χ1v) is 7.28. The van der Waals surface area contributed by atoms with Gasteiger partial charge in [0.15, 0.2) is 0 Å². The maximum absolute atomic E-state index is 12.5. The van der Waals surface area contributed by atoms with Crippen LogP contribution in [-0.4, -0.2) is 24.1 Å². The third-order valence-electron chi connectivity index (χ3n) is 4.84. The van der Waals surface area contributed by atoms with Crippen LogP contribution in [0.5, 0.6) is 5.75 Å². The maximum atomic E-state index is 12.5. The number of ether oxygens (including phenoxy) is 1. The molecule has 112 valence electrons. The molecular weight excluding hydrogens is 270 g/mol. The van der Waals surface area contributed by atoms with Crippen LogP contribution in [0.4, 0.5) is 5.69 Å². The third kappa shape index (κ3) is 2.48. The Morgan fingerprint density at radius 3 is 2.62 bits per heavy atom. The molecule has 2 aliphatic carbocycles. The summed E-state index contributed by atoms with van der Waals surface area (Å²) in [6.45, 7) is 0. The van der Waals surface area contributed by atoms with Gasteiger partial charge in [-0.1, -0.05) is 6.07 Å². The van der Waals surface area contributed by atoms with Gasteiger partial charge in [0, 0.05) is 11.8 Å². The zero-order chi connectivity index (χ0) is 15.0. The van der Waals surface area contributed by atoms with Crippen molar-refractivity contribution in [3.05, 3.63) is 24.3 Å². The molecule has 5 nitrogen and oxygen atoms in total. The quantitative estimate of drug-likeness (QED) is 0.892. The first-order valence-electron chi connectivity index (χ1n) is 7.28. The van der Waals surface area contributed by atoms with Crippen LogP contribution in [0, 0.1) is 23.7 Å². The Bertz CT molecular complexity index is 571. The van der Waals surface area contributed by atoms with E-state index in [0.29, 0.717) is 11.4 Å². The largest absolute Gasteiger partial charge is 0.497 e. The molecule has 0 spiro atoms. The van der Waals surface area contributed by atoms with E-state index < -0.39 is 17.8 Å². The first-order chi connectivity index (χ1) is 10.1. The predicted molar refractivity (Wildman–Crippen MR) is 77.1 cm³/mol. The Morgan fingerprint density at radius 2 is 1.95 bits per heavy atom. The van der Waals surface area contributed by atoms with Crippen molar-refractivity contribution >= 4 is 17.6 Å². The van der Waals surface area contributed by atoms with Gasteiger partial charge in [-0.2, -0.15) is 0 Å². The summed E-state index contributed by atoms with van der Waals surface area (Å²) in [5, 5.41) is 12.2. The average molecular weight is 289 g/mol. The fraction of sp³-hybridized carbons (Fsp3) is 0.500. The molecule has 2 N–H and O–H groups in total. The second-order valence-corrected chi connectivity index (χ2v) is 5.94. The summed E-state index contributed by atoms with van der Waals surface area (Å²) in [5.41, 5.74) is 0.645. The van der Waals surface area contributed by atoms with Crippen LogP contribution in [0.25, 0.3) is 0 Å². The lowest BCUT2D eigenvalue weighted by Gasteiger charge is -2.27. The number of fused-ring (bicyclic) bond motifs is 2. The van der Waals surface area contributed by atoms with Crippen LogP contribution in [0.3, 0.4) is 0 Å². The molecule has 2 saturated carbocycles. The zero-order valence-corrected chi connectivity index (χ0v) is 11.9. The molecule has 1 amide bonds. The monoisotopic (exact) mass is 289 g/mol. The molecule has 2 fully saturated rings. The van der Waals surface area contributed by atoms with Gasteiger partial charge in [0.05, 0.1) is 18.9 Å². The van der Waals surface area contributed by atoms with Crippen molar-refractivity contribution in [1.29, 1.82) is 0 Å². The lowest BCUT2D eigenvalue weighted by atomic mass is 9.78. The predicted octanol–water partition coefficient (Wildman–Crippen LogP) is 2.38. The fourth-order valence-corrected chi connectivity index (χ4v) is 3.95. The van der Waals surface area contributed by atoms with Crippen LogP contribution in [0.1, 0.15) is 19.3 Å². The van der Waals surface area contributed by atoms with Crippen molar-refractivity contribution in [1.82, 2.24) is 0 Å². The van der Waals surface area contributed by atoms with Gasteiger partial charge in [0.25, 0.3) is 0 Å². The van der Waals surface area contributed by atoms with E-state index >= 15 is 0 Å². The van der Waals surface area contributed by atoms with Crippen molar-refractivity contribution in [2.45, 2.75) is 19.3 Å². The minimum Gasteiger partial charge on any atom is -0.497 e. The van der Waals surface area contributed by atoms with Gasteiger partial charge in [0.2, 0.25) is 5.91 Å². The van der Waals surface area contributed by atoms with Gasteiger partial charge in [0.1, 0.15) is 5.75 Å². The lowest BCUT2D eigenvalue weighted by molar-refractivity contribution is -0.148. The molecule has 5 heteroatoms. The molecule has 2 aliphatic rings. The second kappa shape index (κ2) is 5.39. The minimum absolute atomic E-state index is 0.161. The number of carboxylic acid groups (broad SMARTS) is 1. The standard InChI is InChI=1S/C16H19NO4/c1-21-12-4-2-3-11(8-12)17-15(18)13-9-5-6-10(7-9)14(13)16(19)20/h2-4,8-10,13-14H,5-7H2,1H3,(H,17,18)(H,19,20)/t9-,10+,13+,14+/m1/s1. The summed E-state index contributed by atoms with van der Waals surface area (Å²) in [6.07, 6.45) is 2.77. The van der Waals surface area contributed by atoms with Crippen molar-refractivity contribution in [2.24, 2.45) is 23.7 Å². The van der Waals surface area contributed by atoms with Gasteiger partial charge < -0.3 is 15.2 Å². The minimum atomic E-state index is -0.840. The van der Waals surface area contributed by atoms with E-state index in [0.717, 1.165) is 19.3 Å². The van der Waals surface area contributed by atoms with Crippen molar-refractivity contribution in [3.63, 3.8) is 0 Å². The number of benzene rings is 1. The van der Waals surface area contributed by atoms with E-state index in [1.165, 1.54) is 0 Å². The Labute approximate surface area is 123 Å². The average Bonchev–Trinajstić information content (AvgIpc) is 3.07. The summed E-state index contributed by atoms with van der Waals surface area (Å²) < 4.78 is 5.13. The zero-order valence-electron chi connectivity index (χ0n) is 11.9. The lowest BCUT2D eigenvalue weighted by Crippen LogP contribution is -2.37. The Balaban J connectivity index is 1.76. The van der Waals surface area contributed by atoms with E-state index in [1.54, 1.807) is 31.4 Å². The summed E-state index contributed by atoms with van der Waals surface area (Å²) in [6, 6.07) is 7.11. The van der Waals surface area contributed by atoms with Gasteiger partial charge in [-0.15, -0.1) is 0 Å². The smallest absolute Gasteiger partial charge is 0.307 e. The van der Waals surface area contributed by atoms with Gasteiger partial charge >= 0.3 is 5.97 Å². The number of anilines is 1. The second-order valence-electron chi connectivity index (χ2n) is 5.94. The number of aliphatic carboxylic acids is 1. The molecule has 1 aromatic carbocycles. The molecule has 0 aliphatic heterocycles. The van der Waals surface area contributed by atoms with Crippen molar-refractivity contribution < 1.29 is 19.4 Å². The highest BCUT2D eigenvalue weighted by molar-refractivity contribution is 5.96. The molecule has 21 heavy (non-hydrogen) atoms. The van der Waals surface area contributed by atoms with E-state index in [1.807, 2.05) is 0 Å². The number of hydrogen-bond acceptors (Lipinski definition) is 3. The Morgan fingerprint density at radius 1 is 1.24 bits per heavy atom. The normalized spacial score (nSPS) is 30.1. The maximum Gasteiger partial charge on any atom is 0.307 e. The highest BCUT2D eigenvalue weighted by Gasteiger charge is 2.53. The topological polar surface area (TPSA) is 75.6 Å². The number of methoxy groups -OCH3 is 1. The summed E-state index contributed by atoms with van der Waals surface area (Å²) in [4.78, 5) is 24.0. The van der Waals surface area contributed by atoms with Crippen LogP contribution in [0.15, 0.2) is 24.3 Å². The molecule has 0 radical (unpaired) electrons. The number of nitrogens with one attached hydrogen (secondary N) is 1. The highest BCUT2D eigenvalue weighted by atomic mass is 16.5. The molecule has 4 atom stereocenters. The van der Waals surface area contributed by atoms with Crippen LogP contribution in [-0.2, 0) is 9.59 Å². The van der Waals surface area contributed by atoms with Crippen LogP contribution >= 0.6 is 0 Å². The number of amides is 1. The van der Waals surface area contributed by atoms with Crippen molar-refractivity contribution in [2.75, 3.05) is 12.4 Å². The molecule has 0 saturated heterocycles. The number of carbonyl (C=O) groups excluding carboxylic acids is 1. The van der Waals surface area contributed by atoms with Crippen LogP contribution in [0.2, 0.25) is 0 Å². The van der Waals surface area contributed by atoms with Crippen LogP contribution < -0.4 is 10.1 Å². The summed E-state index contributed by atoms with van der Waals surface area (Å²) in [5.74, 6) is -0.927. The molecule has 3 rings (SSSR count). The number of carboxylic acids is 1.